The number of amides is 2. The second-order valence-electron chi connectivity index (χ2n) is 17.0. The molecule has 0 radical (unpaired) electrons. The number of hydrogen-bond acceptors (Lipinski definition) is 12. The summed E-state index contributed by atoms with van der Waals surface area (Å²) in [5.41, 5.74) is 1.96. The third kappa shape index (κ3) is 14.3. The minimum Gasteiger partial charge on any atom is -0.444 e. The molecule has 2 amide bonds. The Balaban J connectivity index is 0.000000245. The van der Waals surface area contributed by atoms with Crippen molar-refractivity contribution in [3.05, 3.63) is 74.2 Å². The van der Waals surface area contributed by atoms with Gasteiger partial charge in [0, 0.05) is 49.7 Å². The molecule has 0 aliphatic carbocycles. The van der Waals surface area contributed by atoms with Crippen molar-refractivity contribution in [3.8, 4) is 0 Å². The zero-order chi connectivity index (χ0) is 43.8. The second-order valence-corrected chi connectivity index (χ2v) is 18.2. The minimum atomic E-state index is -0.993. The van der Waals surface area contributed by atoms with Crippen LogP contribution in [0.2, 0.25) is 15.2 Å². The number of nitrogens with zero attached hydrogens (tertiary/aromatic N) is 4. The highest BCUT2D eigenvalue weighted by Gasteiger charge is 2.52. The zero-order valence-electron chi connectivity index (χ0n) is 35.0. The van der Waals surface area contributed by atoms with Gasteiger partial charge in [-0.05, 0) is 105 Å². The van der Waals surface area contributed by atoms with E-state index in [1.807, 2.05) is 81.4 Å². The molecule has 3 aliphatic heterocycles. The van der Waals surface area contributed by atoms with Crippen molar-refractivity contribution in [3.63, 3.8) is 0 Å². The maximum atomic E-state index is 12.1. The lowest BCUT2D eigenvalue weighted by molar-refractivity contribution is 0.00578. The number of hydrogen-bond donors (Lipinski definition) is 4. The lowest BCUT2D eigenvalue weighted by Gasteiger charge is -2.32. The van der Waals surface area contributed by atoms with Crippen molar-refractivity contribution in [2.45, 2.75) is 117 Å². The molecule has 4 N–H and O–H groups in total. The fraction of sp³-hybridized carbons (Fsp3) is 0.600. The van der Waals surface area contributed by atoms with Crippen molar-refractivity contribution in [1.82, 2.24) is 19.8 Å². The molecule has 322 valence electrons. The van der Waals surface area contributed by atoms with E-state index >= 15 is 0 Å². The Kier molecular flexibility index (Phi) is 17.5. The van der Waals surface area contributed by atoms with Crippen LogP contribution in [0.3, 0.4) is 0 Å². The summed E-state index contributed by atoms with van der Waals surface area (Å²) >= 11 is 17.4. The number of carbonyl (C=O) groups excluding carboxylic acids is 2. The number of aliphatic hydroxyl groups is 4. The highest BCUT2D eigenvalue weighted by molar-refractivity contribution is 6.54. The van der Waals surface area contributed by atoms with Crippen molar-refractivity contribution < 1.29 is 48.8 Å². The van der Waals surface area contributed by atoms with E-state index in [0.29, 0.717) is 54.4 Å². The first-order valence-electron chi connectivity index (χ1n) is 19.0. The van der Waals surface area contributed by atoms with Gasteiger partial charge in [0.2, 0.25) is 0 Å². The lowest BCUT2D eigenvalue weighted by Crippen LogP contribution is -2.41. The Bertz CT molecular complexity index is 1780. The Labute approximate surface area is 357 Å². The Morgan fingerprint density at radius 3 is 1.60 bits per heavy atom. The SMILES string of the molecule is CC(C)(C)OC(=O)N1CC=C(B2OC(C)(C)C(C)(C)O2)CC1.CC(C)(C)OC(=O)N1CC=C(c2ncc([C@H](O)CO)cc2Cl)CC1.OC[C@@H](O)c1cnc(Cl)c(Cl)c1. The Morgan fingerprint density at radius 2 is 1.22 bits per heavy atom. The molecule has 1 saturated heterocycles. The zero-order valence-corrected chi connectivity index (χ0v) is 37.3. The van der Waals surface area contributed by atoms with Crippen molar-refractivity contribution in [2.75, 3.05) is 39.4 Å². The molecule has 18 heteroatoms. The maximum absolute atomic E-state index is 12.1. The fourth-order valence-corrected chi connectivity index (χ4v) is 6.04. The summed E-state index contributed by atoms with van der Waals surface area (Å²) in [7, 11) is -0.314. The fourth-order valence-electron chi connectivity index (χ4n) is 5.46. The summed E-state index contributed by atoms with van der Waals surface area (Å²) in [6.45, 7) is 20.7. The van der Waals surface area contributed by atoms with E-state index in [-0.39, 0.29) is 53.9 Å². The molecule has 14 nitrogen and oxygen atoms in total. The number of halogens is 3. The smallest absolute Gasteiger partial charge is 0.444 e. The average molecular weight is 872 g/mol. The van der Waals surface area contributed by atoms with Crippen LogP contribution in [0.15, 0.2) is 42.2 Å². The largest absolute Gasteiger partial charge is 0.490 e. The molecule has 58 heavy (non-hydrogen) atoms. The topological polar surface area (TPSA) is 184 Å². The Morgan fingerprint density at radius 1 is 0.776 bits per heavy atom. The molecule has 5 heterocycles. The predicted molar refractivity (Wildman–Crippen MR) is 225 cm³/mol. The minimum absolute atomic E-state index is 0.186. The summed E-state index contributed by atoms with van der Waals surface area (Å²) < 4.78 is 22.9. The standard InChI is InChI=1S/C17H23ClN2O4.C16H28BNO4.C7H7Cl2NO2/c1-17(2,3)24-16(23)20-6-4-11(5-7-20)15-13(18)8-12(9-19-15)14(22)10-21;1-14(2,3)20-13(19)18-10-8-12(9-11-18)17-21-15(4,5)16(6,7)22-17;8-5-1-4(6(12)3-11)2-10-7(5)9/h4,8-9,14,21-22H,5-7,10H2,1-3H3;8H,9-11H2,1-7H3;1-2,6,11-12H,3H2/t14-;;6-/m1.1/s1. The van der Waals surface area contributed by atoms with Gasteiger partial charge in [0.15, 0.2) is 0 Å². The monoisotopic (exact) mass is 870 g/mol. The first-order valence-corrected chi connectivity index (χ1v) is 20.1. The summed E-state index contributed by atoms with van der Waals surface area (Å²) in [4.78, 5) is 35.5. The van der Waals surface area contributed by atoms with Crippen LogP contribution in [0.25, 0.3) is 5.57 Å². The van der Waals surface area contributed by atoms with Crippen LogP contribution in [-0.4, -0.2) is 121 Å². The van der Waals surface area contributed by atoms with Crippen LogP contribution in [0.4, 0.5) is 9.59 Å². The van der Waals surface area contributed by atoms with Gasteiger partial charge in [0.25, 0.3) is 0 Å². The number of carbonyl (C=O) groups is 2. The summed E-state index contributed by atoms with van der Waals surface area (Å²) in [5.74, 6) is 0. The highest BCUT2D eigenvalue weighted by Crippen LogP contribution is 2.39. The average Bonchev–Trinajstić information content (AvgIpc) is 3.37. The van der Waals surface area contributed by atoms with Crippen molar-refractivity contribution in [1.29, 1.82) is 0 Å². The van der Waals surface area contributed by atoms with Gasteiger partial charge < -0.3 is 49.0 Å². The van der Waals surface area contributed by atoms with Gasteiger partial charge in [-0.25, -0.2) is 14.6 Å². The first-order chi connectivity index (χ1) is 26.8. The van der Waals surface area contributed by atoms with E-state index in [2.05, 4.69) is 9.97 Å². The molecule has 0 aromatic carbocycles. The molecule has 2 atom stereocenters. The summed E-state index contributed by atoms with van der Waals surface area (Å²) in [6.07, 6.45) is 5.62. The van der Waals surface area contributed by atoms with Crippen LogP contribution < -0.4 is 0 Å². The van der Waals surface area contributed by atoms with Gasteiger partial charge in [-0.3, -0.25) is 4.98 Å². The van der Waals surface area contributed by atoms with E-state index in [9.17, 15) is 14.7 Å². The van der Waals surface area contributed by atoms with Gasteiger partial charge in [-0.1, -0.05) is 47.0 Å². The number of aliphatic hydroxyl groups excluding tert-OH is 4. The van der Waals surface area contributed by atoms with Crippen LogP contribution in [0.1, 0.15) is 111 Å². The van der Waals surface area contributed by atoms with Crippen LogP contribution in [0, 0.1) is 0 Å². The molecule has 5 rings (SSSR count). The molecule has 1 fully saturated rings. The predicted octanol–water partition coefficient (Wildman–Crippen LogP) is 7.38. The van der Waals surface area contributed by atoms with E-state index < -0.39 is 23.4 Å². The molecule has 0 bridgehead atoms. The Hall–Kier alpha value is -2.99. The maximum Gasteiger partial charge on any atom is 0.490 e. The van der Waals surface area contributed by atoms with Crippen LogP contribution in [-0.2, 0) is 18.8 Å². The summed E-state index contributed by atoms with van der Waals surface area (Å²) in [6, 6.07) is 3.07. The molecule has 3 aliphatic rings. The van der Waals surface area contributed by atoms with Gasteiger partial charge in [-0.2, -0.15) is 0 Å². The second kappa shape index (κ2) is 20.5. The van der Waals surface area contributed by atoms with E-state index in [1.54, 1.807) is 15.9 Å². The van der Waals surface area contributed by atoms with E-state index in [0.717, 1.165) is 17.5 Å². The molecule has 0 unspecified atom stereocenters. The normalized spacial score (nSPS) is 18.7. The lowest BCUT2D eigenvalue weighted by atomic mass is 9.75. The van der Waals surface area contributed by atoms with E-state index in [4.69, 9.17) is 68.9 Å². The van der Waals surface area contributed by atoms with E-state index in [1.165, 1.54) is 18.5 Å². The molecule has 2 aromatic heterocycles. The molecule has 0 saturated carbocycles. The van der Waals surface area contributed by atoms with Crippen LogP contribution in [0.5, 0.6) is 0 Å². The quantitative estimate of drug-likeness (QED) is 0.167. The third-order valence-electron chi connectivity index (χ3n) is 9.41. The van der Waals surface area contributed by atoms with Crippen molar-refractivity contribution in [2.24, 2.45) is 0 Å². The number of ether oxygens (including phenoxy) is 2. The molecule has 2 aromatic rings. The van der Waals surface area contributed by atoms with Crippen LogP contribution >= 0.6 is 34.8 Å². The number of pyridine rings is 2. The third-order valence-corrected chi connectivity index (χ3v) is 10.4. The van der Waals surface area contributed by atoms with Gasteiger partial charge in [-0.15, -0.1) is 0 Å². The van der Waals surface area contributed by atoms with Crippen molar-refractivity contribution >= 4 is 59.7 Å². The number of rotatable bonds is 6. The molecular formula is C40H58BCl3N4O10. The van der Waals surface area contributed by atoms with Gasteiger partial charge >= 0.3 is 19.3 Å². The van der Waals surface area contributed by atoms with Gasteiger partial charge in [0.05, 0.1) is 40.2 Å². The summed E-state index contributed by atoms with van der Waals surface area (Å²) in [5, 5.41) is 37.2. The highest BCUT2D eigenvalue weighted by atomic mass is 35.5. The molecular weight excluding hydrogens is 814 g/mol. The van der Waals surface area contributed by atoms with Gasteiger partial charge in [0.1, 0.15) is 28.6 Å². The molecule has 0 spiro atoms. The first kappa shape index (κ1) is 49.4. The number of aromatic nitrogens is 2.